The maximum atomic E-state index is 11.9. The molecule has 20 heavy (non-hydrogen) atoms. The van der Waals surface area contributed by atoms with Crippen LogP contribution in [0.1, 0.15) is 90.9 Å². The Labute approximate surface area is 125 Å². The van der Waals surface area contributed by atoms with Gasteiger partial charge in [0.05, 0.1) is 5.54 Å². The largest absolute Gasteiger partial charge is 0.368 e. The van der Waals surface area contributed by atoms with E-state index in [9.17, 15) is 4.79 Å². The van der Waals surface area contributed by atoms with Crippen molar-refractivity contribution in [2.24, 2.45) is 5.73 Å². The van der Waals surface area contributed by atoms with Crippen molar-refractivity contribution in [1.29, 1.82) is 0 Å². The van der Waals surface area contributed by atoms with Crippen LogP contribution in [-0.4, -0.2) is 17.5 Å². The minimum Gasteiger partial charge on any atom is -0.368 e. The van der Waals surface area contributed by atoms with E-state index in [0.29, 0.717) is 6.04 Å². The first-order chi connectivity index (χ1) is 9.58. The monoisotopic (exact) mass is 282 g/mol. The molecule has 1 atom stereocenters. The number of primary amides is 1. The van der Waals surface area contributed by atoms with Crippen LogP contribution in [0.4, 0.5) is 0 Å². The first-order valence-electron chi connectivity index (χ1n) is 8.66. The fourth-order valence-electron chi connectivity index (χ4n) is 3.22. The van der Waals surface area contributed by atoms with Crippen LogP contribution in [0.25, 0.3) is 0 Å². The predicted octanol–water partition coefficient (Wildman–Crippen LogP) is 3.90. The number of rotatable bonds is 9. The van der Waals surface area contributed by atoms with Gasteiger partial charge in [-0.2, -0.15) is 0 Å². The van der Waals surface area contributed by atoms with E-state index in [1.54, 1.807) is 0 Å². The smallest absolute Gasteiger partial charge is 0.237 e. The highest BCUT2D eigenvalue weighted by Gasteiger charge is 2.32. The number of hydrogen-bond donors (Lipinski definition) is 2. The van der Waals surface area contributed by atoms with E-state index in [2.05, 4.69) is 12.2 Å². The number of nitrogens with two attached hydrogens (primary N) is 1. The summed E-state index contributed by atoms with van der Waals surface area (Å²) in [5, 5.41) is 3.59. The van der Waals surface area contributed by atoms with Crippen molar-refractivity contribution in [3.8, 4) is 0 Å². The lowest BCUT2D eigenvalue weighted by Gasteiger charge is -2.32. The van der Waals surface area contributed by atoms with Crippen molar-refractivity contribution < 1.29 is 4.79 Å². The topological polar surface area (TPSA) is 55.1 Å². The number of hydrogen-bond acceptors (Lipinski definition) is 2. The second-order valence-corrected chi connectivity index (χ2v) is 6.69. The lowest BCUT2D eigenvalue weighted by atomic mass is 9.91. The van der Waals surface area contributed by atoms with E-state index >= 15 is 0 Å². The van der Waals surface area contributed by atoms with Crippen molar-refractivity contribution in [3.63, 3.8) is 0 Å². The van der Waals surface area contributed by atoms with Gasteiger partial charge in [0.1, 0.15) is 0 Å². The summed E-state index contributed by atoms with van der Waals surface area (Å²) in [4.78, 5) is 11.9. The van der Waals surface area contributed by atoms with Gasteiger partial charge in [-0.05, 0) is 26.2 Å². The van der Waals surface area contributed by atoms with Crippen LogP contribution < -0.4 is 11.1 Å². The van der Waals surface area contributed by atoms with Crippen LogP contribution in [0.2, 0.25) is 0 Å². The molecule has 0 radical (unpaired) electrons. The Kier molecular flexibility index (Phi) is 8.20. The van der Waals surface area contributed by atoms with Gasteiger partial charge in [-0.15, -0.1) is 0 Å². The predicted molar refractivity (Wildman–Crippen MR) is 85.6 cm³/mol. The lowest BCUT2D eigenvalue weighted by molar-refractivity contribution is -0.124. The molecule has 118 valence electrons. The van der Waals surface area contributed by atoms with Crippen molar-refractivity contribution in [2.75, 3.05) is 0 Å². The van der Waals surface area contributed by atoms with Crippen LogP contribution in [0, 0.1) is 0 Å². The number of unbranched alkanes of at least 4 members (excludes halogenated alkanes) is 4. The van der Waals surface area contributed by atoms with Gasteiger partial charge in [0.15, 0.2) is 0 Å². The maximum absolute atomic E-state index is 11.9. The first-order valence-corrected chi connectivity index (χ1v) is 8.66. The van der Waals surface area contributed by atoms with Crippen LogP contribution in [0.15, 0.2) is 0 Å². The van der Waals surface area contributed by atoms with E-state index in [-0.39, 0.29) is 5.91 Å². The van der Waals surface area contributed by atoms with Gasteiger partial charge in [-0.25, -0.2) is 0 Å². The van der Waals surface area contributed by atoms with Crippen LogP contribution >= 0.6 is 0 Å². The normalized spacial score (nSPS) is 20.3. The molecule has 1 aliphatic rings. The van der Waals surface area contributed by atoms with Crippen molar-refractivity contribution >= 4 is 5.91 Å². The molecule has 0 bridgehead atoms. The third kappa shape index (κ3) is 6.25. The van der Waals surface area contributed by atoms with E-state index in [1.165, 1.54) is 64.2 Å². The third-order valence-corrected chi connectivity index (χ3v) is 4.70. The summed E-state index contributed by atoms with van der Waals surface area (Å²) >= 11 is 0. The summed E-state index contributed by atoms with van der Waals surface area (Å²) < 4.78 is 0. The van der Waals surface area contributed by atoms with E-state index in [4.69, 9.17) is 5.73 Å². The molecule has 1 rings (SSSR count). The summed E-state index contributed by atoms with van der Waals surface area (Å²) in [6.07, 6.45) is 14.6. The Morgan fingerprint density at radius 1 is 1.10 bits per heavy atom. The van der Waals surface area contributed by atoms with Crippen molar-refractivity contribution in [1.82, 2.24) is 5.32 Å². The molecule has 0 spiro atoms. The highest BCUT2D eigenvalue weighted by atomic mass is 16.1. The molecule has 3 heteroatoms. The fourth-order valence-corrected chi connectivity index (χ4v) is 3.22. The van der Waals surface area contributed by atoms with Crippen LogP contribution in [0.5, 0.6) is 0 Å². The van der Waals surface area contributed by atoms with Gasteiger partial charge in [0.2, 0.25) is 5.91 Å². The first kappa shape index (κ1) is 17.5. The van der Waals surface area contributed by atoms with Gasteiger partial charge < -0.3 is 11.1 Å². The molecule has 0 aromatic rings. The maximum Gasteiger partial charge on any atom is 0.237 e. The number of nitrogens with one attached hydrogen (secondary N) is 1. The molecule has 1 aliphatic carbocycles. The summed E-state index contributed by atoms with van der Waals surface area (Å²) in [5.41, 5.74) is 5.15. The number of carbonyl (C=O) groups is 1. The second kappa shape index (κ2) is 9.38. The lowest BCUT2D eigenvalue weighted by Crippen LogP contribution is -2.56. The molecular weight excluding hydrogens is 248 g/mol. The highest BCUT2D eigenvalue weighted by Crippen LogP contribution is 2.22. The minimum absolute atomic E-state index is 0.183. The molecule has 3 N–H and O–H groups in total. The van der Waals surface area contributed by atoms with E-state index in [1.807, 2.05) is 6.92 Å². The molecule has 3 nitrogen and oxygen atoms in total. The minimum atomic E-state index is -0.513. The number of carbonyl (C=O) groups excluding carboxylic acids is 1. The van der Waals surface area contributed by atoms with E-state index < -0.39 is 5.54 Å². The molecule has 0 saturated heterocycles. The van der Waals surface area contributed by atoms with Crippen molar-refractivity contribution in [3.05, 3.63) is 0 Å². The summed E-state index contributed by atoms with van der Waals surface area (Å²) in [6.45, 7) is 4.22. The Hall–Kier alpha value is -0.570. The zero-order valence-corrected chi connectivity index (χ0v) is 13.5. The Balaban J connectivity index is 2.41. The molecule has 1 unspecified atom stereocenters. The quantitative estimate of drug-likeness (QED) is 0.498. The van der Waals surface area contributed by atoms with Gasteiger partial charge in [-0.1, -0.05) is 64.7 Å². The zero-order valence-electron chi connectivity index (χ0n) is 13.5. The standard InChI is InChI=1S/C17H34N2O/c1-3-4-5-8-11-14-17(2,16(18)20)19-15-12-9-6-7-10-13-15/h15,19H,3-14H2,1-2H3,(H2,18,20). The summed E-state index contributed by atoms with van der Waals surface area (Å²) in [5.74, 6) is -0.183. The third-order valence-electron chi connectivity index (χ3n) is 4.70. The summed E-state index contributed by atoms with van der Waals surface area (Å²) in [7, 11) is 0. The SMILES string of the molecule is CCCCCCCC(C)(NC1CCCCCC1)C(N)=O. The highest BCUT2D eigenvalue weighted by molar-refractivity contribution is 5.84. The summed E-state index contributed by atoms with van der Waals surface area (Å²) in [6, 6.07) is 0.477. The van der Waals surface area contributed by atoms with Crippen molar-refractivity contribution in [2.45, 2.75) is 102 Å². The second-order valence-electron chi connectivity index (χ2n) is 6.69. The molecule has 1 saturated carbocycles. The van der Waals surface area contributed by atoms with Crippen LogP contribution in [-0.2, 0) is 4.79 Å². The molecule has 0 aromatic carbocycles. The van der Waals surface area contributed by atoms with Gasteiger partial charge in [0.25, 0.3) is 0 Å². The average molecular weight is 282 g/mol. The average Bonchev–Trinajstić information content (AvgIpc) is 2.67. The number of amides is 1. The van der Waals surface area contributed by atoms with Gasteiger partial charge in [0, 0.05) is 6.04 Å². The fraction of sp³-hybridized carbons (Fsp3) is 0.941. The van der Waals surface area contributed by atoms with Crippen LogP contribution in [0.3, 0.4) is 0 Å². The van der Waals surface area contributed by atoms with E-state index in [0.717, 1.165) is 12.8 Å². The van der Waals surface area contributed by atoms with Gasteiger partial charge >= 0.3 is 0 Å². The molecule has 0 aliphatic heterocycles. The Morgan fingerprint density at radius 3 is 2.25 bits per heavy atom. The molecular formula is C17H34N2O. The zero-order chi connectivity index (χ0) is 14.8. The van der Waals surface area contributed by atoms with Gasteiger partial charge in [-0.3, -0.25) is 4.79 Å². The molecule has 0 aromatic heterocycles. The molecule has 0 heterocycles. The molecule has 1 fully saturated rings. The Bertz CT molecular complexity index is 272. The molecule has 1 amide bonds. The Morgan fingerprint density at radius 2 is 1.70 bits per heavy atom.